The van der Waals surface area contributed by atoms with E-state index in [1.54, 1.807) is 7.05 Å². The van der Waals surface area contributed by atoms with Gasteiger partial charge < -0.3 is 10.2 Å². The second-order valence-electron chi connectivity index (χ2n) is 4.93. The van der Waals surface area contributed by atoms with Gasteiger partial charge in [-0.3, -0.25) is 4.79 Å². The number of halogens is 2. The van der Waals surface area contributed by atoms with Crippen molar-refractivity contribution < 1.29 is 13.6 Å². The molecule has 1 atom stereocenters. The fourth-order valence-corrected chi connectivity index (χ4v) is 2.47. The van der Waals surface area contributed by atoms with E-state index in [4.69, 9.17) is 0 Å². The summed E-state index contributed by atoms with van der Waals surface area (Å²) in [5.41, 5.74) is 1.62. The van der Waals surface area contributed by atoms with Crippen molar-refractivity contribution in [2.45, 2.75) is 32.1 Å². The van der Waals surface area contributed by atoms with Crippen LogP contribution in [0.4, 0.5) is 14.7 Å². The Labute approximate surface area is 116 Å². The number of piperidine rings is 1. The lowest BCUT2D eigenvalue weighted by Crippen LogP contribution is -2.42. The summed E-state index contributed by atoms with van der Waals surface area (Å²) in [6.07, 6.45) is -1.39. The second-order valence-corrected chi connectivity index (χ2v) is 4.93. The van der Waals surface area contributed by atoms with Gasteiger partial charge in [0, 0.05) is 31.7 Å². The lowest BCUT2D eigenvalue weighted by atomic mass is 9.94. The zero-order valence-corrected chi connectivity index (χ0v) is 11.6. The summed E-state index contributed by atoms with van der Waals surface area (Å²) in [5.74, 6) is -0.591. The molecule has 1 amide bonds. The molecule has 2 rings (SSSR count). The highest BCUT2D eigenvalue weighted by molar-refractivity contribution is 5.79. The van der Waals surface area contributed by atoms with Crippen molar-refractivity contribution in [1.82, 2.24) is 14.9 Å². The van der Waals surface area contributed by atoms with Crippen LogP contribution in [0.3, 0.4) is 0 Å². The number of aryl methyl sites for hydroxylation is 1. The SMILES string of the molecule is CNc1nc(C)cc(C2CCCN(C(=O)C(F)F)C2)n1. The van der Waals surface area contributed by atoms with Crippen molar-refractivity contribution in [3.05, 3.63) is 17.5 Å². The van der Waals surface area contributed by atoms with Crippen molar-refractivity contribution >= 4 is 11.9 Å². The van der Waals surface area contributed by atoms with E-state index in [1.807, 2.05) is 13.0 Å². The Hall–Kier alpha value is -1.79. The van der Waals surface area contributed by atoms with Gasteiger partial charge in [-0.05, 0) is 25.8 Å². The van der Waals surface area contributed by atoms with Gasteiger partial charge in [0.2, 0.25) is 5.95 Å². The number of rotatable bonds is 3. The molecular weight excluding hydrogens is 266 g/mol. The van der Waals surface area contributed by atoms with Crippen molar-refractivity contribution in [1.29, 1.82) is 0 Å². The molecule has 1 saturated heterocycles. The number of nitrogens with one attached hydrogen (secondary N) is 1. The molecule has 0 aliphatic carbocycles. The highest BCUT2D eigenvalue weighted by Gasteiger charge is 2.30. The summed E-state index contributed by atoms with van der Waals surface area (Å²) in [6.45, 7) is 2.54. The van der Waals surface area contributed by atoms with Crippen LogP contribution in [0.15, 0.2) is 6.07 Å². The molecule has 1 aliphatic rings. The summed E-state index contributed by atoms with van der Waals surface area (Å²) in [4.78, 5) is 21.2. The van der Waals surface area contributed by atoms with E-state index in [1.165, 1.54) is 4.90 Å². The first-order chi connectivity index (χ1) is 9.51. The summed E-state index contributed by atoms with van der Waals surface area (Å²) in [7, 11) is 1.73. The van der Waals surface area contributed by atoms with Crippen LogP contribution in [0.5, 0.6) is 0 Å². The van der Waals surface area contributed by atoms with Gasteiger partial charge in [0.25, 0.3) is 5.91 Å². The maximum Gasteiger partial charge on any atom is 0.315 e. The van der Waals surface area contributed by atoms with Crippen LogP contribution in [-0.2, 0) is 4.79 Å². The van der Waals surface area contributed by atoms with Crippen molar-refractivity contribution in [3.8, 4) is 0 Å². The number of carbonyl (C=O) groups is 1. The molecule has 7 heteroatoms. The molecule has 1 N–H and O–H groups in total. The van der Waals surface area contributed by atoms with E-state index in [9.17, 15) is 13.6 Å². The molecule has 5 nitrogen and oxygen atoms in total. The van der Waals surface area contributed by atoms with Crippen LogP contribution >= 0.6 is 0 Å². The quantitative estimate of drug-likeness (QED) is 0.919. The summed E-state index contributed by atoms with van der Waals surface area (Å²) in [5, 5.41) is 2.88. The molecule has 1 unspecified atom stereocenters. The summed E-state index contributed by atoms with van der Waals surface area (Å²) in [6, 6.07) is 1.85. The highest BCUT2D eigenvalue weighted by atomic mass is 19.3. The molecule has 0 aromatic carbocycles. The standard InChI is InChI=1S/C13H18F2N4O/c1-8-6-10(18-13(16-2)17-8)9-4-3-5-19(7-9)12(20)11(14)15/h6,9,11H,3-5,7H2,1-2H3,(H,16,17,18). The van der Waals surface area contributed by atoms with Crippen LogP contribution in [-0.4, -0.2) is 47.3 Å². The maximum atomic E-state index is 12.5. The fourth-order valence-electron chi connectivity index (χ4n) is 2.47. The molecule has 110 valence electrons. The number of hydrogen-bond donors (Lipinski definition) is 1. The second kappa shape index (κ2) is 6.11. The van der Waals surface area contributed by atoms with Gasteiger partial charge in [-0.15, -0.1) is 0 Å². The third kappa shape index (κ3) is 3.20. The van der Waals surface area contributed by atoms with E-state index >= 15 is 0 Å². The number of carbonyl (C=O) groups excluding carboxylic acids is 1. The zero-order chi connectivity index (χ0) is 14.7. The van der Waals surface area contributed by atoms with E-state index in [0.717, 1.165) is 17.8 Å². The first-order valence-electron chi connectivity index (χ1n) is 6.61. The molecule has 0 spiro atoms. The third-order valence-electron chi connectivity index (χ3n) is 3.44. The first kappa shape index (κ1) is 14.6. The van der Waals surface area contributed by atoms with E-state index < -0.39 is 12.3 Å². The number of aromatic nitrogens is 2. The molecule has 0 bridgehead atoms. The van der Waals surface area contributed by atoms with Gasteiger partial charge >= 0.3 is 6.43 Å². The molecule has 1 aromatic rings. The van der Waals surface area contributed by atoms with Crippen LogP contribution in [0.1, 0.15) is 30.1 Å². The predicted molar refractivity (Wildman–Crippen MR) is 70.9 cm³/mol. The van der Waals surface area contributed by atoms with E-state index in [0.29, 0.717) is 25.5 Å². The lowest BCUT2D eigenvalue weighted by Gasteiger charge is -2.32. The number of anilines is 1. The molecule has 0 saturated carbocycles. The van der Waals surface area contributed by atoms with Gasteiger partial charge in [0.05, 0.1) is 5.69 Å². The number of amides is 1. The average molecular weight is 284 g/mol. The lowest BCUT2D eigenvalue weighted by molar-refractivity contribution is -0.144. The Morgan fingerprint density at radius 3 is 2.90 bits per heavy atom. The topological polar surface area (TPSA) is 58.1 Å². The maximum absolute atomic E-state index is 12.5. The minimum atomic E-state index is -2.94. The van der Waals surface area contributed by atoms with Gasteiger partial charge in [0.1, 0.15) is 0 Å². The van der Waals surface area contributed by atoms with Crippen LogP contribution < -0.4 is 5.32 Å². The van der Waals surface area contributed by atoms with Crippen molar-refractivity contribution in [3.63, 3.8) is 0 Å². The minimum Gasteiger partial charge on any atom is -0.357 e. The Kier molecular flexibility index (Phi) is 4.46. The van der Waals surface area contributed by atoms with Gasteiger partial charge in [-0.1, -0.05) is 0 Å². The summed E-state index contributed by atoms with van der Waals surface area (Å²) < 4.78 is 25.0. The van der Waals surface area contributed by atoms with E-state index in [-0.39, 0.29) is 5.92 Å². The van der Waals surface area contributed by atoms with Gasteiger partial charge in [-0.2, -0.15) is 8.78 Å². The average Bonchev–Trinajstić information content (AvgIpc) is 2.45. The number of nitrogens with zero attached hydrogens (tertiary/aromatic N) is 3. The first-order valence-corrected chi connectivity index (χ1v) is 6.61. The van der Waals surface area contributed by atoms with Gasteiger partial charge in [0.15, 0.2) is 0 Å². The number of hydrogen-bond acceptors (Lipinski definition) is 4. The van der Waals surface area contributed by atoms with Crippen LogP contribution in [0.2, 0.25) is 0 Å². The fraction of sp³-hybridized carbons (Fsp3) is 0.615. The number of alkyl halides is 2. The predicted octanol–water partition coefficient (Wildman–Crippen LogP) is 1.80. The molecule has 20 heavy (non-hydrogen) atoms. The number of likely N-dealkylation sites (tertiary alicyclic amines) is 1. The Morgan fingerprint density at radius 1 is 1.50 bits per heavy atom. The summed E-state index contributed by atoms with van der Waals surface area (Å²) >= 11 is 0. The molecular formula is C13H18F2N4O. The van der Waals surface area contributed by atoms with Gasteiger partial charge in [-0.25, -0.2) is 9.97 Å². The van der Waals surface area contributed by atoms with E-state index in [2.05, 4.69) is 15.3 Å². The Bertz CT molecular complexity index is 495. The monoisotopic (exact) mass is 284 g/mol. The Morgan fingerprint density at radius 2 is 2.25 bits per heavy atom. The van der Waals surface area contributed by atoms with Crippen LogP contribution in [0, 0.1) is 6.92 Å². The smallest absolute Gasteiger partial charge is 0.315 e. The van der Waals surface area contributed by atoms with Crippen molar-refractivity contribution in [2.75, 3.05) is 25.5 Å². The Balaban J connectivity index is 2.16. The van der Waals surface area contributed by atoms with Crippen molar-refractivity contribution in [2.24, 2.45) is 0 Å². The van der Waals surface area contributed by atoms with Crippen LogP contribution in [0.25, 0.3) is 0 Å². The molecule has 1 aromatic heterocycles. The molecule has 0 radical (unpaired) electrons. The molecule has 2 heterocycles. The minimum absolute atomic E-state index is 0.0137. The largest absolute Gasteiger partial charge is 0.357 e. The highest BCUT2D eigenvalue weighted by Crippen LogP contribution is 2.27. The molecule has 1 aliphatic heterocycles. The zero-order valence-electron chi connectivity index (χ0n) is 11.6. The normalized spacial score (nSPS) is 19.2. The third-order valence-corrected chi connectivity index (χ3v) is 3.44. The molecule has 1 fully saturated rings.